The number of carbonyl (C=O) groups is 1. The summed E-state index contributed by atoms with van der Waals surface area (Å²) in [6.45, 7) is 4.07. The highest BCUT2D eigenvalue weighted by Gasteiger charge is 2.29. The highest BCUT2D eigenvalue weighted by molar-refractivity contribution is 5.93. The van der Waals surface area contributed by atoms with Crippen LogP contribution < -0.4 is 0 Å². The van der Waals surface area contributed by atoms with Crippen LogP contribution in [0.3, 0.4) is 0 Å². The Hall–Kier alpha value is -2.26. The molecule has 0 bridgehead atoms. The fourth-order valence-corrected chi connectivity index (χ4v) is 3.72. The zero-order chi connectivity index (χ0) is 18.8. The minimum absolute atomic E-state index is 0. The lowest BCUT2D eigenvalue weighted by Gasteiger charge is -2.38. The molecule has 1 saturated heterocycles. The predicted octanol–water partition coefficient (Wildman–Crippen LogP) is 3.64. The molecule has 0 spiro atoms. The second kappa shape index (κ2) is 11.2. The van der Waals surface area contributed by atoms with Crippen LogP contribution >= 0.6 is 24.8 Å². The SMILES string of the molecule is CCN(C(=O)c1cccnc1)N1CCC(c2noc3cc(F)ccc23)CC1.Cl.Cl.O. The van der Waals surface area contributed by atoms with Crippen LogP contribution in [0.5, 0.6) is 0 Å². The number of halogens is 3. The minimum Gasteiger partial charge on any atom is -0.412 e. The Morgan fingerprint density at radius 1 is 1.27 bits per heavy atom. The maximum Gasteiger partial charge on any atom is 0.269 e. The van der Waals surface area contributed by atoms with E-state index in [1.54, 1.807) is 35.6 Å². The number of fused-ring (bicyclic) bond motifs is 1. The first kappa shape index (κ1) is 25.8. The number of pyridine rings is 1. The van der Waals surface area contributed by atoms with Crippen LogP contribution in [0.2, 0.25) is 0 Å². The van der Waals surface area contributed by atoms with Gasteiger partial charge in [-0.05, 0) is 44.0 Å². The van der Waals surface area contributed by atoms with Crippen LogP contribution in [-0.4, -0.2) is 51.2 Å². The Morgan fingerprint density at radius 3 is 2.63 bits per heavy atom. The van der Waals surface area contributed by atoms with Gasteiger partial charge in [0.1, 0.15) is 5.82 Å². The second-order valence-electron chi connectivity index (χ2n) is 6.70. The maximum atomic E-state index is 13.3. The number of rotatable bonds is 4. The average Bonchev–Trinajstić information content (AvgIpc) is 3.12. The third-order valence-electron chi connectivity index (χ3n) is 5.10. The zero-order valence-electron chi connectivity index (χ0n) is 16.5. The topological polar surface area (TPSA) is 94.0 Å². The van der Waals surface area contributed by atoms with Crippen molar-refractivity contribution in [1.29, 1.82) is 0 Å². The van der Waals surface area contributed by atoms with Gasteiger partial charge in [0.15, 0.2) is 5.58 Å². The van der Waals surface area contributed by atoms with E-state index in [1.807, 2.05) is 6.92 Å². The van der Waals surface area contributed by atoms with E-state index in [4.69, 9.17) is 4.52 Å². The standard InChI is InChI=1S/C20H21FN4O2.2ClH.H2O/c1-2-25(20(26)15-4-3-9-22-13-15)24-10-7-14(8-11-24)19-17-6-5-16(21)12-18(17)27-23-19;;;/h3-6,9,12-14H,2,7-8,10-11H2,1H3;2*1H;1H2. The molecule has 0 aliphatic carbocycles. The molecule has 164 valence electrons. The van der Waals surface area contributed by atoms with Gasteiger partial charge in [-0.25, -0.2) is 9.40 Å². The van der Waals surface area contributed by atoms with E-state index in [9.17, 15) is 9.18 Å². The van der Waals surface area contributed by atoms with E-state index in [2.05, 4.69) is 15.1 Å². The number of hydrazine groups is 1. The zero-order valence-corrected chi connectivity index (χ0v) is 18.1. The van der Waals surface area contributed by atoms with Crippen molar-refractivity contribution in [2.45, 2.75) is 25.7 Å². The number of nitrogens with zero attached hydrogens (tertiary/aromatic N) is 4. The molecule has 1 aliphatic heterocycles. The summed E-state index contributed by atoms with van der Waals surface area (Å²) in [6, 6.07) is 8.08. The van der Waals surface area contributed by atoms with Gasteiger partial charge in [-0.15, -0.1) is 24.8 Å². The first-order chi connectivity index (χ1) is 13.2. The second-order valence-corrected chi connectivity index (χ2v) is 6.70. The highest BCUT2D eigenvalue weighted by atomic mass is 35.5. The van der Waals surface area contributed by atoms with E-state index in [1.165, 1.54) is 12.1 Å². The van der Waals surface area contributed by atoms with Crippen LogP contribution in [0, 0.1) is 5.82 Å². The summed E-state index contributed by atoms with van der Waals surface area (Å²) >= 11 is 0. The lowest BCUT2D eigenvalue weighted by molar-refractivity contribution is -0.0216. The molecule has 3 aromatic rings. The Bertz CT molecular complexity index is 950. The molecule has 10 heteroatoms. The largest absolute Gasteiger partial charge is 0.412 e. The predicted molar refractivity (Wildman–Crippen MR) is 117 cm³/mol. The van der Waals surface area contributed by atoms with Crippen LogP contribution in [0.15, 0.2) is 47.2 Å². The first-order valence-corrected chi connectivity index (χ1v) is 9.19. The van der Waals surface area contributed by atoms with Gasteiger partial charge in [0, 0.05) is 49.4 Å². The van der Waals surface area contributed by atoms with Crippen LogP contribution in [0.4, 0.5) is 4.39 Å². The Kier molecular flexibility index (Phi) is 9.64. The summed E-state index contributed by atoms with van der Waals surface area (Å²) in [5.74, 6) is -0.126. The maximum absolute atomic E-state index is 13.3. The number of hydrogen-bond acceptors (Lipinski definition) is 5. The molecule has 30 heavy (non-hydrogen) atoms. The van der Waals surface area contributed by atoms with E-state index in [0.717, 1.165) is 37.0 Å². The van der Waals surface area contributed by atoms with Crippen LogP contribution in [0.1, 0.15) is 41.7 Å². The van der Waals surface area contributed by atoms with Gasteiger partial charge in [0.05, 0.1) is 11.3 Å². The summed E-state index contributed by atoms with van der Waals surface area (Å²) in [6.07, 6.45) is 4.97. The number of carbonyl (C=O) groups excluding carboxylic acids is 1. The Morgan fingerprint density at radius 2 is 2.00 bits per heavy atom. The fourth-order valence-electron chi connectivity index (χ4n) is 3.72. The molecule has 1 amide bonds. The number of amides is 1. The van der Waals surface area contributed by atoms with Crippen molar-refractivity contribution in [2.24, 2.45) is 0 Å². The molecule has 1 aromatic carbocycles. The van der Waals surface area contributed by atoms with Gasteiger partial charge in [0.2, 0.25) is 0 Å². The smallest absolute Gasteiger partial charge is 0.269 e. The molecular weight excluding hydrogens is 434 g/mol. The molecule has 0 unspecified atom stereocenters. The normalized spacial score (nSPS) is 14.3. The molecule has 1 aliphatic rings. The van der Waals surface area contributed by atoms with Crippen molar-refractivity contribution < 1.29 is 19.2 Å². The average molecular weight is 459 g/mol. The summed E-state index contributed by atoms with van der Waals surface area (Å²) in [4.78, 5) is 16.8. The summed E-state index contributed by atoms with van der Waals surface area (Å²) in [5.41, 5.74) is 1.95. The van der Waals surface area contributed by atoms with Crippen molar-refractivity contribution in [1.82, 2.24) is 20.2 Å². The molecule has 2 aromatic heterocycles. The van der Waals surface area contributed by atoms with Gasteiger partial charge in [-0.2, -0.15) is 0 Å². The van der Waals surface area contributed by atoms with Crippen LogP contribution in [-0.2, 0) is 0 Å². The van der Waals surface area contributed by atoms with E-state index >= 15 is 0 Å². The monoisotopic (exact) mass is 458 g/mol. The van der Waals surface area contributed by atoms with Crippen molar-refractivity contribution >= 4 is 41.7 Å². The highest BCUT2D eigenvalue weighted by Crippen LogP contribution is 2.33. The Labute approximate surface area is 186 Å². The molecule has 4 rings (SSSR count). The summed E-state index contributed by atoms with van der Waals surface area (Å²) < 4.78 is 18.6. The molecule has 2 N–H and O–H groups in total. The van der Waals surface area contributed by atoms with E-state index in [0.29, 0.717) is 17.7 Å². The molecule has 0 radical (unpaired) electrons. The molecule has 0 saturated carbocycles. The van der Waals surface area contributed by atoms with Gasteiger partial charge in [-0.3, -0.25) is 14.8 Å². The summed E-state index contributed by atoms with van der Waals surface area (Å²) in [7, 11) is 0. The third-order valence-corrected chi connectivity index (χ3v) is 5.10. The lowest BCUT2D eigenvalue weighted by Crippen LogP contribution is -2.49. The molecule has 7 nitrogen and oxygen atoms in total. The quantitative estimate of drug-likeness (QED) is 0.594. The number of benzene rings is 1. The molecular formula is C20H25Cl2FN4O3. The van der Waals surface area contributed by atoms with Crippen LogP contribution in [0.25, 0.3) is 11.0 Å². The summed E-state index contributed by atoms with van der Waals surface area (Å²) in [5, 5.41) is 8.93. The first-order valence-electron chi connectivity index (χ1n) is 9.19. The molecule has 3 heterocycles. The lowest BCUT2D eigenvalue weighted by atomic mass is 9.92. The number of piperidine rings is 1. The van der Waals surface area contributed by atoms with Gasteiger partial charge in [0.25, 0.3) is 5.91 Å². The van der Waals surface area contributed by atoms with E-state index < -0.39 is 0 Å². The minimum atomic E-state index is -0.326. The van der Waals surface area contributed by atoms with Crippen molar-refractivity contribution in [3.8, 4) is 0 Å². The Balaban J connectivity index is 0.00000150. The fraction of sp³-hybridized carbons (Fsp3) is 0.350. The molecule has 0 atom stereocenters. The molecule has 1 fully saturated rings. The van der Waals surface area contributed by atoms with Crippen molar-refractivity contribution in [2.75, 3.05) is 19.6 Å². The van der Waals surface area contributed by atoms with Crippen molar-refractivity contribution in [3.05, 3.63) is 59.8 Å². The third kappa shape index (κ3) is 5.07. The van der Waals surface area contributed by atoms with Gasteiger partial charge >= 0.3 is 0 Å². The van der Waals surface area contributed by atoms with Gasteiger partial charge in [-0.1, -0.05) is 5.16 Å². The van der Waals surface area contributed by atoms with Gasteiger partial charge < -0.3 is 10.00 Å². The van der Waals surface area contributed by atoms with Crippen molar-refractivity contribution in [3.63, 3.8) is 0 Å². The van der Waals surface area contributed by atoms with E-state index in [-0.39, 0.29) is 47.9 Å². The number of aromatic nitrogens is 2. The number of hydrogen-bond donors (Lipinski definition) is 0.